The highest BCUT2D eigenvalue weighted by Gasteiger charge is 2.01. The second-order valence-electron chi connectivity index (χ2n) is 3.09. The molecule has 0 amide bonds. The Hall–Kier alpha value is -1.38. The van der Waals surface area contributed by atoms with E-state index in [2.05, 4.69) is 32.3 Å². The van der Waals surface area contributed by atoms with Crippen molar-refractivity contribution in [2.24, 2.45) is 0 Å². The van der Waals surface area contributed by atoms with Crippen LogP contribution in [0.4, 0.5) is 5.82 Å². The van der Waals surface area contributed by atoms with E-state index in [0.717, 1.165) is 10.3 Å². The highest BCUT2D eigenvalue weighted by atomic mass is 79.9. The SMILES string of the molecule is N#Cc1ccnc(NCc2sccc2Br)c1. The predicted molar refractivity (Wildman–Crippen MR) is 68.3 cm³/mol. The van der Waals surface area contributed by atoms with E-state index in [-0.39, 0.29) is 0 Å². The van der Waals surface area contributed by atoms with E-state index in [1.54, 1.807) is 29.7 Å². The van der Waals surface area contributed by atoms with Gasteiger partial charge >= 0.3 is 0 Å². The molecule has 0 atom stereocenters. The first-order valence-electron chi connectivity index (χ1n) is 4.61. The Kier molecular flexibility index (Phi) is 3.54. The molecule has 3 nitrogen and oxygen atoms in total. The molecule has 2 aromatic rings. The third-order valence-corrected chi connectivity index (χ3v) is 3.94. The molecule has 16 heavy (non-hydrogen) atoms. The molecule has 2 heterocycles. The molecule has 1 N–H and O–H groups in total. The van der Waals surface area contributed by atoms with E-state index >= 15 is 0 Å². The Morgan fingerprint density at radius 2 is 2.38 bits per heavy atom. The van der Waals surface area contributed by atoms with Gasteiger partial charge in [-0.15, -0.1) is 11.3 Å². The summed E-state index contributed by atoms with van der Waals surface area (Å²) < 4.78 is 1.10. The molecule has 0 saturated heterocycles. The number of rotatable bonds is 3. The lowest BCUT2D eigenvalue weighted by molar-refractivity contribution is 1.13. The number of aromatic nitrogens is 1. The quantitative estimate of drug-likeness (QED) is 0.944. The summed E-state index contributed by atoms with van der Waals surface area (Å²) in [6.45, 7) is 0.708. The predicted octanol–water partition coefficient (Wildman–Crippen LogP) is 3.39. The number of anilines is 1. The maximum absolute atomic E-state index is 8.75. The normalized spacial score (nSPS) is 9.75. The van der Waals surface area contributed by atoms with Gasteiger partial charge in [-0.2, -0.15) is 5.26 Å². The maximum atomic E-state index is 8.75. The summed E-state index contributed by atoms with van der Waals surface area (Å²) in [7, 11) is 0. The summed E-state index contributed by atoms with van der Waals surface area (Å²) >= 11 is 5.14. The minimum Gasteiger partial charge on any atom is -0.365 e. The van der Waals surface area contributed by atoms with Crippen LogP contribution >= 0.6 is 27.3 Å². The molecular formula is C11H8BrN3S. The molecule has 0 bridgehead atoms. The van der Waals surface area contributed by atoms with Gasteiger partial charge in [0.05, 0.1) is 18.2 Å². The van der Waals surface area contributed by atoms with E-state index in [0.29, 0.717) is 12.1 Å². The average molecular weight is 294 g/mol. The zero-order valence-corrected chi connectivity index (χ0v) is 10.7. The van der Waals surface area contributed by atoms with Crippen molar-refractivity contribution in [1.29, 1.82) is 5.26 Å². The van der Waals surface area contributed by atoms with Gasteiger partial charge in [0.2, 0.25) is 0 Å². The van der Waals surface area contributed by atoms with Crippen LogP contribution in [0.5, 0.6) is 0 Å². The van der Waals surface area contributed by atoms with Crippen LogP contribution in [0.3, 0.4) is 0 Å². The van der Waals surface area contributed by atoms with Crippen molar-refractivity contribution < 1.29 is 0 Å². The topological polar surface area (TPSA) is 48.7 Å². The second kappa shape index (κ2) is 5.10. The van der Waals surface area contributed by atoms with Gasteiger partial charge in [0.25, 0.3) is 0 Å². The summed E-state index contributed by atoms with van der Waals surface area (Å²) in [6.07, 6.45) is 1.63. The van der Waals surface area contributed by atoms with E-state index in [4.69, 9.17) is 5.26 Å². The number of nitriles is 1. The molecule has 0 fully saturated rings. The molecule has 2 aromatic heterocycles. The van der Waals surface area contributed by atoms with Gasteiger partial charge in [-0.25, -0.2) is 4.98 Å². The summed E-state index contributed by atoms with van der Waals surface area (Å²) in [5.41, 5.74) is 0.614. The van der Waals surface area contributed by atoms with Gasteiger partial charge in [0.1, 0.15) is 5.82 Å². The standard InChI is InChI=1S/C11H8BrN3S/c12-9-2-4-16-10(9)7-15-11-5-8(6-13)1-3-14-11/h1-5H,7H2,(H,14,15). The fourth-order valence-electron chi connectivity index (χ4n) is 1.22. The van der Waals surface area contributed by atoms with Crippen molar-refractivity contribution in [3.05, 3.63) is 44.7 Å². The van der Waals surface area contributed by atoms with Crippen LogP contribution in [0.25, 0.3) is 0 Å². The Bertz CT molecular complexity index is 530. The van der Waals surface area contributed by atoms with Crippen LogP contribution in [-0.2, 0) is 6.54 Å². The van der Waals surface area contributed by atoms with Gasteiger partial charge in [0, 0.05) is 15.5 Å². The number of hydrogen-bond donors (Lipinski definition) is 1. The molecule has 0 aliphatic rings. The fraction of sp³-hybridized carbons (Fsp3) is 0.0909. The highest BCUT2D eigenvalue weighted by Crippen LogP contribution is 2.23. The van der Waals surface area contributed by atoms with E-state index in [1.807, 2.05) is 11.4 Å². The van der Waals surface area contributed by atoms with Gasteiger partial charge in [-0.05, 0) is 39.5 Å². The zero-order chi connectivity index (χ0) is 11.4. The van der Waals surface area contributed by atoms with Crippen molar-refractivity contribution in [1.82, 2.24) is 4.98 Å². The number of pyridine rings is 1. The van der Waals surface area contributed by atoms with Crippen LogP contribution in [-0.4, -0.2) is 4.98 Å². The van der Waals surface area contributed by atoms with Gasteiger partial charge in [-0.1, -0.05) is 0 Å². The summed E-state index contributed by atoms with van der Waals surface area (Å²) in [6, 6.07) is 7.52. The highest BCUT2D eigenvalue weighted by molar-refractivity contribution is 9.10. The average Bonchev–Trinajstić information content (AvgIpc) is 2.72. The number of halogens is 1. The molecule has 2 rings (SSSR count). The van der Waals surface area contributed by atoms with Crippen LogP contribution < -0.4 is 5.32 Å². The van der Waals surface area contributed by atoms with Crippen LogP contribution in [0.15, 0.2) is 34.2 Å². The lowest BCUT2D eigenvalue weighted by atomic mass is 10.3. The molecule has 0 aliphatic carbocycles. The number of thiophene rings is 1. The molecule has 0 spiro atoms. The smallest absolute Gasteiger partial charge is 0.127 e. The Morgan fingerprint density at radius 1 is 1.50 bits per heavy atom. The molecule has 0 aromatic carbocycles. The van der Waals surface area contributed by atoms with Crippen LogP contribution in [0, 0.1) is 11.3 Å². The third-order valence-electron chi connectivity index (χ3n) is 2.01. The first-order chi connectivity index (χ1) is 7.79. The number of nitrogens with one attached hydrogen (secondary N) is 1. The van der Waals surface area contributed by atoms with E-state index in [1.165, 1.54) is 4.88 Å². The molecule has 0 aliphatic heterocycles. The van der Waals surface area contributed by atoms with Crippen molar-refractivity contribution in [2.75, 3.05) is 5.32 Å². The zero-order valence-electron chi connectivity index (χ0n) is 8.27. The summed E-state index contributed by atoms with van der Waals surface area (Å²) in [4.78, 5) is 5.36. The lowest BCUT2D eigenvalue weighted by Gasteiger charge is -2.04. The van der Waals surface area contributed by atoms with Crippen molar-refractivity contribution >= 4 is 33.1 Å². The van der Waals surface area contributed by atoms with Crippen molar-refractivity contribution in [2.45, 2.75) is 6.54 Å². The summed E-state index contributed by atoms with van der Waals surface area (Å²) in [5.74, 6) is 0.722. The van der Waals surface area contributed by atoms with Gasteiger partial charge in [0.15, 0.2) is 0 Å². The third kappa shape index (κ3) is 2.60. The minimum atomic E-state index is 0.614. The largest absolute Gasteiger partial charge is 0.365 e. The first kappa shape index (κ1) is 11.1. The Labute approximate surface area is 106 Å². The number of nitrogens with zero attached hydrogens (tertiary/aromatic N) is 2. The molecule has 0 radical (unpaired) electrons. The monoisotopic (exact) mass is 293 g/mol. The van der Waals surface area contributed by atoms with Gasteiger partial charge < -0.3 is 5.32 Å². The van der Waals surface area contributed by atoms with Crippen LogP contribution in [0.1, 0.15) is 10.4 Å². The maximum Gasteiger partial charge on any atom is 0.127 e. The molecular weight excluding hydrogens is 286 g/mol. The molecule has 80 valence electrons. The Balaban J connectivity index is 2.05. The minimum absolute atomic E-state index is 0.614. The fourth-order valence-corrected chi connectivity index (χ4v) is 2.65. The second-order valence-corrected chi connectivity index (χ2v) is 4.94. The number of hydrogen-bond acceptors (Lipinski definition) is 4. The molecule has 5 heteroatoms. The van der Waals surface area contributed by atoms with E-state index < -0.39 is 0 Å². The molecule has 0 unspecified atom stereocenters. The van der Waals surface area contributed by atoms with Gasteiger partial charge in [-0.3, -0.25) is 0 Å². The molecule has 0 saturated carbocycles. The van der Waals surface area contributed by atoms with Crippen molar-refractivity contribution in [3.63, 3.8) is 0 Å². The van der Waals surface area contributed by atoms with E-state index in [9.17, 15) is 0 Å². The van der Waals surface area contributed by atoms with Crippen molar-refractivity contribution in [3.8, 4) is 6.07 Å². The summed E-state index contributed by atoms with van der Waals surface area (Å²) in [5, 5.41) is 14.0. The lowest BCUT2D eigenvalue weighted by Crippen LogP contribution is -2.00. The van der Waals surface area contributed by atoms with Crippen LogP contribution in [0.2, 0.25) is 0 Å². The first-order valence-corrected chi connectivity index (χ1v) is 6.29. The Morgan fingerprint density at radius 3 is 3.06 bits per heavy atom.